The van der Waals surface area contributed by atoms with Crippen LogP contribution in [-0.2, 0) is 0 Å². The summed E-state index contributed by atoms with van der Waals surface area (Å²) in [5.41, 5.74) is -0.122. The van der Waals surface area contributed by atoms with E-state index >= 15 is 0 Å². The van der Waals surface area contributed by atoms with Gasteiger partial charge < -0.3 is 20.1 Å². The zero-order valence-corrected chi connectivity index (χ0v) is 11.7. The predicted molar refractivity (Wildman–Crippen MR) is 73.7 cm³/mol. The van der Waals surface area contributed by atoms with E-state index < -0.39 is 0 Å². The average Bonchev–Trinajstić information content (AvgIpc) is 2.74. The van der Waals surface area contributed by atoms with Crippen molar-refractivity contribution in [3.05, 3.63) is 20.3 Å². The van der Waals surface area contributed by atoms with E-state index in [1.165, 1.54) is 6.33 Å². The van der Waals surface area contributed by atoms with Crippen LogP contribution in [-0.4, -0.2) is 53.1 Å². The zero-order valence-electron chi connectivity index (χ0n) is 9.52. The fourth-order valence-corrected chi connectivity index (χ4v) is 3.03. The van der Waals surface area contributed by atoms with E-state index in [0.29, 0.717) is 35.6 Å². The molecule has 0 radical (unpaired) electrons. The molecule has 3 rings (SSSR count). The van der Waals surface area contributed by atoms with Crippen molar-refractivity contribution in [2.24, 2.45) is 0 Å². The molecule has 1 aromatic rings. The van der Waals surface area contributed by atoms with Gasteiger partial charge in [0.15, 0.2) is 0 Å². The Kier molecular flexibility index (Phi) is 2.88. The number of hydrogen-bond donors (Lipinski definition) is 2. The molecule has 2 saturated heterocycles. The van der Waals surface area contributed by atoms with Crippen LogP contribution in [0.3, 0.4) is 0 Å². The van der Waals surface area contributed by atoms with Crippen LogP contribution in [0.2, 0.25) is 0 Å². The molecule has 1 atom stereocenters. The van der Waals surface area contributed by atoms with Crippen LogP contribution in [0.1, 0.15) is 0 Å². The summed E-state index contributed by atoms with van der Waals surface area (Å²) in [7, 11) is 0. The van der Waals surface area contributed by atoms with Gasteiger partial charge in [0.05, 0.1) is 12.4 Å². The molecule has 2 aliphatic rings. The van der Waals surface area contributed by atoms with Crippen molar-refractivity contribution in [3.8, 4) is 0 Å². The summed E-state index contributed by atoms with van der Waals surface area (Å²) in [5.74, 6) is 0.707. The minimum atomic E-state index is -0.122. The smallest absolute Gasteiger partial charge is 0.317 e. The van der Waals surface area contributed by atoms with Crippen molar-refractivity contribution in [2.75, 3.05) is 31.1 Å². The third kappa shape index (κ3) is 1.84. The number of rotatable bonds is 1. The van der Waals surface area contributed by atoms with Crippen molar-refractivity contribution < 1.29 is 4.79 Å². The van der Waals surface area contributed by atoms with Crippen LogP contribution in [0, 0.1) is 3.57 Å². The van der Waals surface area contributed by atoms with Gasteiger partial charge in [-0.1, -0.05) is 0 Å². The summed E-state index contributed by atoms with van der Waals surface area (Å²) in [6, 6.07) is 0.177. The van der Waals surface area contributed by atoms with Crippen LogP contribution in [0.4, 0.5) is 10.6 Å². The molecule has 0 aliphatic carbocycles. The predicted octanol–water partition coefficient (Wildman–Crippen LogP) is -0.412. The number of halogens is 1. The van der Waals surface area contributed by atoms with Gasteiger partial charge in [0, 0.05) is 26.2 Å². The lowest BCUT2D eigenvalue weighted by atomic mass is 10.2. The number of nitrogens with one attached hydrogen (secondary N) is 2. The molecule has 2 amide bonds. The normalized spacial score (nSPS) is 22.9. The second kappa shape index (κ2) is 4.41. The fraction of sp³-hybridized carbons (Fsp3) is 0.500. The number of H-pyrrole nitrogens is 1. The van der Waals surface area contributed by atoms with E-state index in [0.717, 1.165) is 0 Å². The quantitative estimate of drug-likeness (QED) is 0.667. The number of amides is 2. The average molecular weight is 361 g/mol. The number of piperazine rings is 1. The number of carbonyl (C=O) groups is 1. The van der Waals surface area contributed by atoms with E-state index in [9.17, 15) is 9.59 Å². The first kappa shape index (κ1) is 11.8. The molecule has 8 heteroatoms. The summed E-state index contributed by atoms with van der Waals surface area (Å²) in [6.07, 6.45) is 1.42. The van der Waals surface area contributed by atoms with Gasteiger partial charge in [-0.05, 0) is 22.6 Å². The second-order valence-electron chi connectivity index (χ2n) is 4.35. The minimum Gasteiger partial charge on any atom is -0.352 e. The highest BCUT2D eigenvalue weighted by molar-refractivity contribution is 14.1. The maximum atomic E-state index is 11.6. The lowest BCUT2D eigenvalue weighted by Crippen LogP contribution is -2.52. The minimum absolute atomic E-state index is 0.00761. The first-order valence-corrected chi connectivity index (χ1v) is 6.77. The van der Waals surface area contributed by atoms with Gasteiger partial charge in [-0.2, -0.15) is 0 Å². The second-order valence-corrected chi connectivity index (χ2v) is 5.43. The highest BCUT2D eigenvalue weighted by Crippen LogP contribution is 2.21. The summed E-state index contributed by atoms with van der Waals surface area (Å²) in [4.78, 5) is 33.8. The van der Waals surface area contributed by atoms with Gasteiger partial charge in [0.25, 0.3) is 5.56 Å². The highest BCUT2D eigenvalue weighted by Gasteiger charge is 2.36. The summed E-state index contributed by atoms with van der Waals surface area (Å²) in [6.45, 7) is 2.75. The molecule has 0 aromatic carbocycles. The first-order chi connectivity index (χ1) is 8.66. The molecular formula is C10H12IN5O2. The van der Waals surface area contributed by atoms with Crippen molar-refractivity contribution in [2.45, 2.75) is 6.04 Å². The number of nitrogens with zero attached hydrogens (tertiary/aromatic N) is 3. The zero-order chi connectivity index (χ0) is 12.7. The molecule has 18 heavy (non-hydrogen) atoms. The molecule has 1 unspecified atom stereocenters. The van der Waals surface area contributed by atoms with Gasteiger partial charge in [-0.3, -0.25) is 4.79 Å². The SMILES string of the molecule is O=C1NCC2CN(c3nc[nH]c(=O)c3I)CCN12. The van der Waals surface area contributed by atoms with Gasteiger partial charge in [-0.15, -0.1) is 0 Å². The number of anilines is 1. The third-order valence-corrected chi connectivity index (χ3v) is 4.28. The van der Waals surface area contributed by atoms with Crippen LogP contribution >= 0.6 is 22.6 Å². The number of urea groups is 1. The summed E-state index contributed by atoms with van der Waals surface area (Å²) in [5, 5.41) is 2.83. The summed E-state index contributed by atoms with van der Waals surface area (Å²) >= 11 is 2.01. The standard InChI is InChI=1S/C10H12IN5O2/c11-7-8(13-5-14-9(7)17)15-1-2-16-6(4-15)3-12-10(16)18/h5-6H,1-4H2,(H,12,18)(H,13,14,17). The molecule has 0 bridgehead atoms. The first-order valence-electron chi connectivity index (χ1n) is 5.69. The molecule has 2 fully saturated rings. The van der Waals surface area contributed by atoms with E-state index in [-0.39, 0.29) is 17.6 Å². The molecule has 1 aromatic heterocycles. The Balaban J connectivity index is 1.85. The summed E-state index contributed by atoms with van der Waals surface area (Å²) < 4.78 is 0.598. The lowest BCUT2D eigenvalue weighted by molar-refractivity contribution is 0.197. The monoisotopic (exact) mass is 361 g/mol. The maximum absolute atomic E-state index is 11.6. The fourth-order valence-electron chi connectivity index (χ4n) is 2.39. The number of hydrogen-bond acceptors (Lipinski definition) is 4. The molecule has 2 N–H and O–H groups in total. The van der Waals surface area contributed by atoms with Crippen molar-refractivity contribution >= 4 is 34.4 Å². The third-order valence-electron chi connectivity index (χ3n) is 3.31. The van der Waals surface area contributed by atoms with Crippen molar-refractivity contribution in [1.82, 2.24) is 20.2 Å². The number of carbonyl (C=O) groups excluding carboxylic acids is 1. The molecule has 3 heterocycles. The van der Waals surface area contributed by atoms with Crippen LogP contribution < -0.4 is 15.8 Å². The Labute approximate surface area is 117 Å². The maximum Gasteiger partial charge on any atom is 0.317 e. The molecule has 2 aliphatic heterocycles. The van der Waals surface area contributed by atoms with Gasteiger partial charge >= 0.3 is 6.03 Å². The van der Waals surface area contributed by atoms with E-state index in [1.54, 1.807) is 0 Å². The Bertz CT molecular complexity index is 545. The van der Waals surface area contributed by atoms with E-state index in [4.69, 9.17) is 0 Å². The molecule has 0 spiro atoms. The van der Waals surface area contributed by atoms with Gasteiger partial charge in [0.2, 0.25) is 0 Å². The number of fused-ring (bicyclic) bond motifs is 1. The van der Waals surface area contributed by atoms with Gasteiger partial charge in [0.1, 0.15) is 9.39 Å². The topological polar surface area (TPSA) is 81.3 Å². The molecule has 0 saturated carbocycles. The van der Waals surface area contributed by atoms with Gasteiger partial charge in [-0.25, -0.2) is 9.78 Å². The Morgan fingerprint density at radius 2 is 2.22 bits per heavy atom. The van der Waals surface area contributed by atoms with Crippen LogP contribution in [0.15, 0.2) is 11.1 Å². The van der Waals surface area contributed by atoms with E-state index in [1.807, 2.05) is 27.5 Å². The van der Waals surface area contributed by atoms with Crippen molar-refractivity contribution in [1.29, 1.82) is 0 Å². The number of aromatic amines is 1. The van der Waals surface area contributed by atoms with Crippen LogP contribution in [0.25, 0.3) is 0 Å². The Morgan fingerprint density at radius 1 is 1.39 bits per heavy atom. The molecular weight excluding hydrogens is 349 g/mol. The van der Waals surface area contributed by atoms with Crippen molar-refractivity contribution in [3.63, 3.8) is 0 Å². The highest BCUT2D eigenvalue weighted by atomic mass is 127. The largest absolute Gasteiger partial charge is 0.352 e. The molecule has 96 valence electrons. The molecule has 7 nitrogen and oxygen atoms in total. The van der Waals surface area contributed by atoms with E-state index in [2.05, 4.69) is 20.2 Å². The Morgan fingerprint density at radius 3 is 3.06 bits per heavy atom. The van der Waals surface area contributed by atoms with Crippen LogP contribution in [0.5, 0.6) is 0 Å². The number of aromatic nitrogens is 2. The lowest BCUT2D eigenvalue weighted by Gasteiger charge is -2.37. The Hall–Kier alpha value is -1.32.